The molecule has 1 unspecified atom stereocenters. The summed E-state index contributed by atoms with van der Waals surface area (Å²) in [7, 11) is 0. The van der Waals surface area contributed by atoms with Crippen LogP contribution in [0.2, 0.25) is 0 Å². The van der Waals surface area contributed by atoms with Crippen molar-refractivity contribution < 1.29 is 23.8 Å². The number of aromatic nitrogens is 1. The first kappa shape index (κ1) is 21.9. The van der Waals surface area contributed by atoms with Crippen LogP contribution in [0.1, 0.15) is 40.4 Å². The first-order valence-corrected chi connectivity index (χ1v) is 11.7. The minimum Gasteiger partial charge on any atom is -0.503 e. The molecule has 0 saturated carbocycles. The third-order valence-electron chi connectivity index (χ3n) is 5.66. The van der Waals surface area contributed by atoms with Crippen LogP contribution in [-0.2, 0) is 4.79 Å². The summed E-state index contributed by atoms with van der Waals surface area (Å²) in [5.74, 6) is -0.541. The van der Waals surface area contributed by atoms with Crippen molar-refractivity contribution >= 4 is 38.4 Å². The van der Waals surface area contributed by atoms with Crippen molar-refractivity contribution in [1.82, 2.24) is 4.98 Å². The molecule has 172 valence electrons. The zero-order valence-corrected chi connectivity index (χ0v) is 19.7. The summed E-state index contributed by atoms with van der Waals surface area (Å²) in [6.07, 6.45) is 0. The van der Waals surface area contributed by atoms with Crippen molar-refractivity contribution in [2.24, 2.45) is 0 Å². The first-order valence-electron chi connectivity index (χ1n) is 10.8. The Labute approximate surface area is 199 Å². The Morgan fingerprint density at radius 3 is 2.59 bits per heavy atom. The molecule has 0 spiro atoms. The quantitative estimate of drug-likeness (QED) is 0.361. The molecule has 1 atom stereocenters. The van der Waals surface area contributed by atoms with Gasteiger partial charge in [0, 0.05) is 0 Å². The molecular formula is C26H22N2O5S. The number of carbonyl (C=O) groups is 2. The largest absolute Gasteiger partial charge is 0.503 e. The lowest BCUT2D eigenvalue weighted by Crippen LogP contribution is -2.30. The van der Waals surface area contributed by atoms with Gasteiger partial charge in [-0.25, -0.2) is 4.98 Å². The molecule has 1 aliphatic heterocycles. The number of aliphatic hydroxyl groups excluding tert-OH is 1. The fraction of sp³-hybridized carbons (Fsp3) is 0.192. The van der Waals surface area contributed by atoms with E-state index in [1.54, 1.807) is 43.3 Å². The highest BCUT2D eigenvalue weighted by Crippen LogP contribution is 2.44. The Balaban J connectivity index is 1.65. The van der Waals surface area contributed by atoms with Gasteiger partial charge < -0.3 is 14.3 Å². The number of benzene rings is 2. The van der Waals surface area contributed by atoms with Gasteiger partial charge in [0.25, 0.3) is 5.91 Å². The van der Waals surface area contributed by atoms with Gasteiger partial charge in [0.05, 0.1) is 28.4 Å². The number of ketones is 1. The molecule has 5 rings (SSSR count). The summed E-state index contributed by atoms with van der Waals surface area (Å²) in [6, 6.07) is 15.3. The van der Waals surface area contributed by atoms with Gasteiger partial charge >= 0.3 is 0 Å². The van der Waals surface area contributed by atoms with Gasteiger partial charge in [0.2, 0.25) is 5.78 Å². The Bertz CT molecular complexity index is 1450. The van der Waals surface area contributed by atoms with Crippen molar-refractivity contribution in [3.63, 3.8) is 0 Å². The number of Topliss-reactive ketones (excluding diaryl/α,β-unsaturated/α-hetero) is 1. The van der Waals surface area contributed by atoms with Crippen molar-refractivity contribution in [2.75, 3.05) is 11.5 Å². The number of hydrogen-bond acceptors (Lipinski definition) is 7. The average Bonchev–Trinajstić information content (AvgIpc) is 3.50. The van der Waals surface area contributed by atoms with Gasteiger partial charge in [0.15, 0.2) is 16.7 Å². The fourth-order valence-corrected chi connectivity index (χ4v) is 5.17. The summed E-state index contributed by atoms with van der Waals surface area (Å²) in [5.41, 5.74) is 2.41. The van der Waals surface area contributed by atoms with Gasteiger partial charge in [0.1, 0.15) is 11.5 Å². The van der Waals surface area contributed by atoms with Crippen LogP contribution in [0.5, 0.6) is 5.75 Å². The average molecular weight is 475 g/mol. The van der Waals surface area contributed by atoms with E-state index in [-0.39, 0.29) is 11.3 Å². The molecule has 0 bridgehead atoms. The molecule has 0 aliphatic carbocycles. The molecule has 1 N–H and O–H groups in total. The van der Waals surface area contributed by atoms with E-state index in [9.17, 15) is 14.7 Å². The van der Waals surface area contributed by atoms with E-state index in [0.29, 0.717) is 28.8 Å². The number of nitrogens with zero attached hydrogens (tertiary/aromatic N) is 2. The molecule has 4 aromatic rings. The number of amides is 1. The Hall–Kier alpha value is -3.91. The smallest absolute Gasteiger partial charge is 0.296 e. The van der Waals surface area contributed by atoms with E-state index in [1.165, 1.54) is 16.2 Å². The van der Waals surface area contributed by atoms with Crippen LogP contribution in [0.15, 0.2) is 70.3 Å². The molecular weight excluding hydrogens is 452 g/mol. The standard InChI is InChI=1S/C26H22N2O5S/c1-4-32-17-9-7-16(8-10-17)22-21(23(29)19-12-6-15(3)33-19)24(30)25(31)28(22)26-27-18-11-5-14(2)13-20(18)34-26/h5-13,22,30H,4H2,1-3H3. The molecule has 2 aromatic heterocycles. The summed E-state index contributed by atoms with van der Waals surface area (Å²) < 4.78 is 12.0. The monoisotopic (exact) mass is 474 g/mol. The molecule has 7 nitrogen and oxygen atoms in total. The number of ether oxygens (including phenoxy) is 1. The maximum Gasteiger partial charge on any atom is 0.296 e. The molecule has 0 radical (unpaired) electrons. The van der Waals surface area contributed by atoms with E-state index >= 15 is 0 Å². The van der Waals surface area contributed by atoms with Crippen molar-refractivity contribution in [3.05, 3.63) is 88.6 Å². The van der Waals surface area contributed by atoms with Crippen LogP contribution in [-0.4, -0.2) is 28.4 Å². The Morgan fingerprint density at radius 1 is 1.15 bits per heavy atom. The molecule has 1 amide bonds. The fourth-order valence-electron chi connectivity index (χ4n) is 4.07. The number of aryl methyl sites for hydroxylation is 2. The molecule has 0 fully saturated rings. The highest BCUT2D eigenvalue weighted by Gasteiger charge is 2.46. The number of anilines is 1. The number of rotatable bonds is 6. The molecule has 8 heteroatoms. The van der Waals surface area contributed by atoms with E-state index in [1.807, 2.05) is 32.0 Å². The van der Waals surface area contributed by atoms with E-state index in [0.717, 1.165) is 15.8 Å². The Morgan fingerprint density at radius 2 is 1.91 bits per heavy atom. The second-order valence-corrected chi connectivity index (χ2v) is 9.06. The van der Waals surface area contributed by atoms with Crippen LogP contribution in [0, 0.1) is 13.8 Å². The second kappa shape index (κ2) is 8.46. The first-order chi connectivity index (χ1) is 16.4. The number of carbonyl (C=O) groups excluding carboxylic acids is 2. The maximum absolute atomic E-state index is 13.4. The second-order valence-electron chi connectivity index (χ2n) is 8.05. The van der Waals surface area contributed by atoms with Crippen LogP contribution in [0.25, 0.3) is 10.2 Å². The lowest BCUT2D eigenvalue weighted by atomic mass is 9.95. The number of hydrogen-bond donors (Lipinski definition) is 1. The van der Waals surface area contributed by atoms with Gasteiger partial charge in [-0.1, -0.05) is 29.5 Å². The Kier molecular flexibility index (Phi) is 5.45. The van der Waals surface area contributed by atoms with E-state index < -0.39 is 23.5 Å². The van der Waals surface area contributed by atoms with Crippen molar-refractivity contribution in [2.45, 2.75) is 26.8 Å². The van der Waals surface area contributed by atoms with Crippen LogP contribution < -0.4 is 9.64 Å². The number of thiazole rings is 1. The van der Waals surface area contributed by atoms with Crippen LogP contribution in [0.4, 0.5) is 5.13 Å². The molecule has 2 aromatic carbocycles. The van der Waals surface area contributed by atoms with Crippen LogP contribution in [0.3, 0.4) is 0 Å². The van der Waals surface area contributed by atoms with Crippen LogP contribution >= 0.6 is 11.3 Å². The van der Waals surface area contributed by atoms with Gasteiger partial charge in [-0.3, -0.25) is 14.5 Å². The normalized spacial score (nSPS) is 16.0. The molecule has 1 aliphatic rings. The highest BCUT2D eigenvalue weighted by molar-refractivity contribution is 7.22. The van der Waals surface area contributed by atoms with Gasteiger partial charge in [-0.2, -0.15) is 0 Å². The van der Waals surface area contributed by atoms with Gasteiger partial charge in [-0.15, -0.1) is 0 Å². The molecule has 3 heterocycles. The van der Waals surface area contributed by atoms with Crippen molar-refractivity contribution in [1.29, 1.82) is 0 Å². The topological polar surface area (TPSA) is 92.9 Å². The van der Waals surface area contributed by atoms with Gasteiger partial charge in [-0.05, 0) is 68.3 Å². The van der Waals surface area contributed by atoms with E-state index in [4.69, 9.17) is 9.15 Å². The SMILES string of the molecule is CCOc1ccc(C2C(C(=O)c3ccc(C)o3)=C(O)C(=O)N2c2nc3ccc(C)cc3s2)cc1. The molecule has 34 heavy (non-hydrogen) atoms. The predicted octanol–water partition coefficient (Wildman–Crippen LogP) is 5.69. The third-order valence-corrected chi connectivity index (χ3v) is 6.68. The summed E-state index contributed by atoms with van der Waals surface area (Å²) >= 11 is 1.33. The number of aliphatic hydroxyl groups is 1. The third kappa shape index (κ3) is 3.66. The highest BCUT2D eigenvalue weighted by atomic mass is 32.1. The summed E-state index contributed by atoms with van der Waals surface area (Å²) in [5, 5.41) is 11.3. The zero-order chi connectivity index (χ0) is 24.0. The van der Waals surface area contributed by atoms with E-state index in [2.05, 4.69) is 4.98 Å². The summed E-state index contributed by atoms with van der Waals surface area (Å²) in [4.78, 5) is 32.8. The lowest BCUT2D eigenvalue weighted by molar-refractivity contribution is -0.117. The lowest BCUT2D eigenvalue weighted by Gasteiger charge is -2.24. The minimum atomic E-state index is -0.872. The number of fused-ring (bicyclic) bond motifs is 1. The maximum atomic E-state index is 13.4. The van der Waals surface area contributed by atoms with Crippen molar-refractivity contribution in [3.8, 4) is 5.75 Å². The predicted molar refractivity (Wildman–Crippen MR) is 130 cm³/mol. The molecule has 0 saturated heterocycles. The summed E-state index contributed by atoms with van der Waals surface area (Å²) in [6.45, 7) is 6.12. The zero-order valence-electron chi connectivity index (χ0n) is 18.9. The minimum absolute atomic E-state index is 0.0426. The number of furan rings is 1.